The summed E-state index contributed by atoms with van der Waals surface area (Å²) in [7, 11) is 0. The summed E-state index contributed by atoms with van der Waals surface area (Å²) in [5.74, 6) is 1.94. The largest absolute Gasteiger partial charge is 0.208 e. The van der Waals surface area contributed by atoms with Gasteiger partial charge in [0.1, 0.15) is 0 Å². The molecule has 3 nitrogen and oxygen atoms in total. The molecule has 256 valence electrons. The van der Waals surface area contributed by atoms with Crippen LogP contribution in [0.15, 0.2) is 188 Å². The third kappa shape index (κ3) is 5.38. The van der Waals surface area contributed by atoms with Gasteiger partial charge in [-0.05, 0) is 89.4 Å². The maximum atomic E-state index is 5.20. The second kappa shape index (κ2) is 12.8. The minimum absolute atomic E-state index is 0.645. The molecule has 0 saturated carbocycles. The number of thiophene rings is 1. The van der Waals surface area contributed by atoms with Gasteiger partial charge in [0.25, 0.3) is 0 Å². The molecule has 2 aromatic heterocycles. The van der Waals surface area contributed by atoms with E-state index in [1.807, 2.05) is 29.5 Å². The SMILES string of the molecule is c1ccc(-c2nc(-c3ccc(-c4cc5ccccc5s4)cc3)nc(-c3ccc(-c4c5ccccc5cc5c4ccc4ccccc45)c4ccccc34)n2)cc1. The fourth-order valence-electron chi connectivity index (χ4n) is 8.07. The highest BCUT2D eigenvalue weighted by molar-refractivity contribution is 7.22. The topological polar surface area (TPSA) is 38.7 Å². The molecular weight excluding hydrogens is 687 g/mol. The third-order valence-corrected chi connectivity index (χ3v) is 11.9. The number of rotatable bonds is 5. The molecule has 11 rings (SSSR count). The molecule has 0 atom stereocenters. The molecule has 0 aliphatic heterocycles. The molecule has 0 saturated heterocycles. The first-order valence-electron chi connectivity index (χ1n) is 18.5. The lowest BCUT2D eigenvalue weighted by Gasteiger charge is -2.17. The first-order chi connectivity index (χ1) is 27.2. The van der Waals surface area contributed by atoms with Gasteiger partial charge in [-0.1, -0.05) is 164 Å². The summed E-state index contributed by atoms with van der Waals surface area (Å²) in [5, 5.41) is 11.0. The normalized spacial score (nSPS) is 11.6. The van der Waals surface area contributed by atoms with E-state index in [0.29, 0.717) is 17.5 Å². The van der Waals surface area contributed by atoms with E-state index in [2.05, 4.69) is 170 Å². The van der Waals surface area contributed by atoms with Crippen molar-refractivity contribution < 1.29 is 0 Å². The van der Waals surface area contributed by atoms with Crippen LogP contribution in [0.25, 0.3) is 109 Å². The van der Waals surface area contributed by atoms with Gasteiger partial charge in [-0.15, -0.1) is 11.3 Å². The van der Waals surface area contributed by atoms with Crippen molar-refractivity contribution in [3.8, 4) is 55.7 Å². The number of hydrogen-bond donors (Lipinski definition) is 0. The number of fused-ring (bicyclic) bond motifs is 6. The molecular formula is C51H31N3S. The predicted molar refractivity (Wildman–Crippen MR) is 232 cm³/mol. The molecule has 9 aromatic carbocycles. The molecule has 4 heteroatoms. The molecule has 0 bridgehead atoms. The van der Waals surface area contributed by atoms with E-state index in [4.69, 9.17) is 15.0 Å². The molecule has 0 aliphatic carbocycles. The average Bonchev–Trinajstić information content (AvgIpc) is 3.70. The highest BCUT2D eigenvalue weighted by Gasteiger charge is 2.19. The van der Waals surface area contributed by atoms with Crippen LogP contribution in [0.2, 0.25) is 0 Å². The minimum Gasteiger partial charge on any atom is -0.208 e. The Morgan fingerprint density at radius 3 is 1.64 bits per heavy atom. The Morgan fingerprint density at radius 2 is 0.873 bits per heavy atom. The molecule has 0 radical (unpaired) electrons. The van der Waals surface area contributed by atoms with E-state index in [1.54, 1.807) is 0 Å². The van der Waals surface area contributed by atoms with Gasteiger partial charge in [-0.25, -0.2) is 15.0 Å². The van der Waals surface area contributed by atoms with Gasteiger partial charge in [-0.3, -0.25) is 0 Å². The fraction of sp³-hybridized carbons (Fsp3) is 0. The Kier molecular flexibility index (Phi) is 7.35. The monoisotopic (exact) mass is 717 g/mol. The van der Waals surface area contributed by atoms with Crippen LogP contribution in [0.4, 0.5) is 0 Å². The van der Waals surface area contributed by atoms with Crippen molar-refractivity contribution in [2.24, 2.45) is 0 Å². The zero-order valence-electron chi connectivity index (χ0n) is 29.6. The van der Waals surface area contributed by atoms with Crippen LogP contribution >= 0.6 is 11.3 Å². The van der Waals surface area contributed by atoms with Crippen molar-refractivity contribution >= 4 is 64.5 Å². The Morgan fingerprint density at radius 1 is 0.309 bits per heavy atom. The van der Waals surface area contributed by atoms with Crippen molar-refractivity contribution in [3.05, 3.63) is 188 Å². The lowest BCUT2D eigenvalue weighted by atomic mass is 9.87. The summed E-state index contributed by atoms with van der Waals surface area (Å²) in [6.07, 6.45) is 0. The van der Waals surface area contributed by atoms with Crippen molar-refractivity contribution in [3.63, 3.8) is 0 Å². The van der Waals surface area contributed by atoms with Crippen LogP contribution < -0.4 is 0 Å². The lowest BCUT2D eigenvalue weighted by molar-refractivity contribution is 1.08. The van der Waals surface area contributed by atoms with Crippen molar-refractivity contribution in [2.75, 3.05) is 0 Å². The van der Waals surface area contributed by atoms with E-state index >= 15 is 0 Å². The Hall–Kier alpha value is -7.01. The van der Waals surface area contributed by atoms with E-state index in [-0.39, 0.29) is 0 Å². The molecule has 0 spiro atoms. The van der Waals surface area contributed by atoms with Crippen LogP contribution in [-0.2, 0) is 0 Å². The zero-order chi connectivity index (χ0) is 36.3. The van der Waals surface area contributed by atoms with Gasteiger partial charge < -0.3 is 0 Å². The zero-order valence-corrected chi connectivity index (χ0v) is 30.5. The van der Waals surface area contributed by atoms with Gasteiger partial charge in [-0.2, -0.15) is 0 Å². The summed E-state index contributed by atoms with van der Waals surface area (Å²) in [5.41, 5.74) is 6.47. The molecule has 0 unspecified atom stereocenters. The van der Waals surface area contributed by atoms with Crippen LogP contribution in [0.1, 0.15) is 0 Å². The molecule has 55 heavy (non-hydrogen) atoms. The molecule has 2 heterocycles. The average molecular weight is 718 g/mol. The van der Waals surface area contributed by atoms with Gasteiger partial charge in [0.2, 0.25) is 0 Å². The molecule has 0 N–H and O–H groups in total. The highest BCUT2D eigenvalue weighted by Crippen LogP contribution is 2.44. The maximum Gasteiger partial charge on any atom is 0.164 e. The first kappa shape index (κ1) is 31.5. The van der Waals surface area contributed by atoms with Crippen LogP contribution in [0, 0.1) is 0 Å². The quantitative estimate of drug-likeness (QED) is 0.131. The Balaban J connectivity index is 1.10. The number of aromatic nitrogens is 3. The van der Waals surface area contributed by atoms with Crippen molar-refractivity contribution in [2.45, 2.75) is 0 Å². The molecule has 0 aliphatic rings. The number of benzene rings is 9. The molecule has 0 fully saturated rings. The van der Waals surface area contributed by atoms with Gasteiger partial charge in [0, 0.05) is 26.3 Å². The van der Waals surface area contributed by atoms with Gasteiger partial charge in [0.05, 0.1) is 0 Å². The first-order valence-corrected chi connectivity index (χ1v) is 19.3. The smallest absolute Gasteiger partial charge is 0.164 e. The number of nitrogens with zero attached hydrogens (tertiary/aromatic N) is 3. The second-order valence-corrected chi connectivity index (χ2v) is 15.0. The van der Waals surface area contributed by atoms with E-state index in [9.17, 15) is 0 Å². The maximum absolute atomic E-state index is 5.20. The van der Waals surface area contributed by atoms with E-state index in [1.165, 1.54) is 64.0 Å². The summed E-state index contributed by atoms with van der Waals surface area (Å²) in [6.45, 7) is 0. The van der Waals surface area contributed by atoms with E-state index < -0.39 is 0 Å². The Bertz CT molecular complexity index is 3220. The molecule has 0 amide bonds. The third-order valence-electron chi connectivity index (χ3n) is 10.7. The molecule has 11 aromatic rings. The fourth-order valence-corrected chi connectivity index (χ4v) is 9.14. The second-order valence-electron chi connectivity index (χ2n) is 14.0. The lowest BCUT2D eigenvalue weighted by Crippen LogP contribution is -2.01. The van der Waals surface area contributed by atoms with Crippen LogP contribution in [0.5, 0.6) is 0 Å². The summed E-state index contributed by atoms with van der Waals surface area (Å²) in [6, 6.07) is 67.0. The standard InChI is InChI=1S/C51H31N3S/c1-2-13-34(14-3-1)49-52-50(35-24-22-33(23-25-35)47-31-37-16-6-11-21-46(37)55-47)54-51(53-49)44-29-28-42(40-19-9-10-20-41(40)44)48-39-18-8-5-15-36(39)30-45-38-17-7-4-12-32(38)26-27-43(45)48/h1-31H. The van der Waals surface area contributed by atoms with Crippen LogP contribution in [-0.4, -0.2) is 15.0 Å². The predicted octanol–water partition coefficient (Wildman–Crippen LogP) is 14.0. The van der Waals surface area contributed by atoms with Crippen LogP contribution in [0.3, 0.4) is 0 Å². The summed E-state index contributed by atoms with van der Waals surface area (Å²) >= 11 is 1.81. The van der Waals surface area contributed by atoms with E-state index in [0.717, 1.165) is 27.5 Å². The van der Waals surface area contributed by atoms with Crippen molar-refractivity contribution in [1.29, 1.82) is 0 Å². The summed E-state index contributed by atoms with van der Waals surface area (Å²) in [4.78, 5) is 16.7. The van der Waals surface area contributed by atoms with Gasteiger partial charge in [0.15, 0.2) is 17.5 Å². The highest BCUT2D eigenvalue weighted by atomic mass is 32.1. The summed E-state index contributed by atoms with van der Waals surface area (Å²) < 4.78 is 1.29. The Labute approximate surface area is 321 Å². The van der Waals surface area contributed by atoms with Gasteiger partial charge >= 0.3 is 0 Å². The minimum atomic E-state index is 0.645. The van der Waals surface area contributed by atoms with Crippen molar-refractivity contribution in [1.82, 2.24) is 15.0 Å². The number of hydrogen-bond acceptors (Lipinski definition) is 4.